The lowest BCUT2D eigenvalue weighted by Gasteiger charge is -2.42. The molecule has 0 aliphatic heterocycles. The molecule has 0 heterocycles. The maximum absolute atomic E-state index is 12.6. The van der Waals surface area contributed by atoms with E-state index in [0.717, 1.165) is 30.4 Å². The predicted molar refractivity (Wildman–Crippen MR) is 124 cm³/mol. The Morgan fingerprint density at radius 1 is 1.06 bits per heavy atom. The summed E-state index contributed by atoms with van der Waals surface area (Å²) in [4.78, 5) is 37.5. The number of alkyl carbamates (subject to hydrolysis) is 1. The van der Waals surface area contributed by atoms with Crippen molar-refractivity contribution in [2.75, 3.05) is 26.2 Å². The smallest absolute Gasteiger partial charge is 0.407 e. The summed E-state index contributed by atoms with van der Waals surface area (Å²) in [7, 11) is 0. The zero-order valence-corrected chi connectivity index (χ0v) is 18.9. The van der Waals surface area contributed by atoms with E-state index < -0.39 is 12.1 Å². The maximum Gasteiger partial charge on any atom is 0.407 e. The van der Waals surface area contributed by atoms with E-state index in [1.54, 1.807) is 6.92 Å². The maximum atomic E-state index is 12.6. The number of benzene rings is 2. The molecule has 1 fully saturated rings. The molecule has 0 atom stereocenters. The van der Waals surface area contributed by atoms with E-state index in [9.17, 15) is 14.4 Å². The molecule has 0 aromatic heterocycles. The van der Waals surface area contributed by atoms with Gasteiger partial charge in [-0.05, 0) is 47.4 Å². The number of fused-ring (bicyclic) bond motifs is 3. The highest BCUT2D eigenvalue weighted by Crippen LogP contribution is 2.45. The lowest BCUT2D eigenvalue weighted by Crippen LogP contribution is -2.47. The van der Waals surface area contributed by atoms with Gasteiger partial charge >= 0.3 is 12.1 Å². The normalized spacial score (nSPS) is 15.7. The molecule has 174 valence electrons. The molecular weight excluding hydrogens is 420 g/mol. The van der Waals surface area contributed by atoms with Crippen molar-refractivity contribution in [3.8, 4) is 11.1 Å². The van der Waals surface area contributed by atoms with Crippen LogP contribution in [0, 0.1) is 5.41 Å². The van der Waals surface area contributed by atoms with Gasteiger partial charge in [0.05, 0.1) is 0 Å². The Morgan fingerprint density at radius 2 is 1.67 bits per heavy atom. The third-order valence-corrected chi connectivity index (χ3v) is 6.95. The van der Waals surface area contributed by atoms with Gasteiger partial charge in [0.1, 0.15) is 13.2 Å². The number of hydrogen-bond acceptors (Lipinski definition) is 4. The van der Waals surface area contributed by atoms with Gasteiger partial charge in [-0.2, -0.15) is 0 Å². The highest BCUT2D eigenvalue weighted by molar-refractivity contribution is 5.82. The van der Waals surface area contributed by atoms with Gasteiger partial charge in [-0.3, -0.25) is 9.59 Å². The second kappa shape index (κ2) is 9.65. The number of aliphatic carboxylic acids is 1. The van der Waals surface area contributed by atoms with Crippen molar-refractivity contribution in [3.05, 3.63) is 59.7 Å². The van der Waals surface area contributed by atoms with Crippen LogP contribution in [0.5, 0.6) is 0 Å². The van der Waals surface area contributed by atoms with Crippen molar-refractivity contribution in [1.29, 1.82) is 0 Å². The Hall–Kier alpha value is -3.35. The van der Waals surface area contributed by atoms with Crippen molar-refractivity contribution in [2.24, 2.45) is 5.41 Å². The molecule has 2 N–H and O–H groups in total. The largest absolute Gasteiger partial charge is 0.480 e. The van der Waals surface area contributed by atoms with Gasteiger partial charge in [0.15, 0.2) is 0 Å². The van der Waals surface area contributed by atoms with Gasteiger partial charge in [0, 0.05) is 25.4 Å². The number of likely N-dealkylation sites (N-methyl/N-ethyl adjacent to an activating group) is 1. The molecule has 33 heavy (non-hydrogen) atoms. The number of amides is 2. The first-order valence-electron chi connectivity index (χ1n) is 11.5. The first kappa shape index (κ1) is 22.8. The standard InChI is InChI=1S/C26H30N2O5/c1-2-28(15-24(30)31)23(29)14-26(12-7-13-26)17-27-25(32)33-16-22-20-10-5-3-8-18(20)19-9-4-6-11-21(19)22/h3-6,8-11,22H,2,7,12-17H2,1H3,(H,27,32)(H,30,31). The molecule has 0 radical (unpaired) electrons. The lowest BCUT2D eigenvalue weighted by molar-refractivity contribution is -0.146. The van der Waals surface area contributed by atoms with E-state index in [0.29, 0.717) is 13.1 Å². The molecular formula is C26H30N2O5. The molecule has 2 aromatic carbocycles. The second-order valence-corrected chi connectivity index (χ2v) is 9.01. The SMILES string of the molecule is CCN(CC(=O)O)C(=O)CC1(CNC(=O)OCC2c3ccccc3-c3ccccc32)CCC1. The second-order valence-electron chi connectivity index (χ2n) is 9.01. The summed E-state index contributed by atoms with van der Waals surface area (Å²) in [5.74, 6) is -1.21. The van der Waals surface area contributed by atoms with Crippen LogP contribution in [0.1, 0.15) is 49.7 Å². The summed E-state index contributed by atoms with van der Waals surface area (Å²) in [6.45, 7) is 2.41. The van der Waals surface area contributed by atoms with Crippen LogP contribution >= 0.6 is 0 Å². The number of carboxylic acids is 1. The minimum absolute atomic E-state index is 0.00322. The van der Waals surface area contributed by atoms with Crippen molar-refractivity contribution in [1.82, 2.24) is 10.2 Å². The van der Waals surface area contributed by atoms with E-state index in [4.69, 9.17) is 9.84 Å². The Morgan fingerprint density at radius 3 is 2.18 bits per heavy atom. The summed E-state index contributed by atoms with van der Waals surface area (Å²) in [6.07, 6.45) is 2.39. The number of rotatable bonds is 9. The topological polar surface area (TPSA) is 95.9 Å². The third kappa shape index (κ3) is 4.87. The van der Waals surface area contributed by atoms with Gasteiger partial charge in [0.25, 0.3) is 0 Å². The summed E-state index contributed by atoms with van der Waals surface area (Å²) in [5, 5.41) is 11.9. The van der Waals surface area contributed by atoms with Crippen molar-refractivity contribution in [2.45, 2.75) is 38.5 Å². The van der Waals surface area contributed by atoms with Gasteiger partial charge < -0.3 is 20.1 Å². The highest BCUT2D eigenvalue weighted by atomic mass is 16.5. The van der Waals surface area contributed by atoms with E-state index in [1.807, 2.05) is 24.3 Å². The van der Waals surface area contributed by atoms with Crippen molar-refractivity contribution in [3.63, 3.8) is 0 Å². The summed E-state index contributed by atoms with van der Waals surface area (Å²) >= 11 is 0. The van der Waals surface area contributed by atoms with Crippen molar-refractivity contribution >= 4 is 18.0 Å². The molecule has 2 amide bonds. The summed E-state index contributed by atoms with van der Waals surface area (Å²) in [5.41, 5.74) is 4.34. The first-order valence-corrected chi connectivity index (χ1v) is 11.5. The van der Waals surface area contributed by atoms with E-state index >= 15 is 0 Å². The number of carbonyl (C=O) groups is 3. The van der Waals surface area contributed by atoms with Crippen LogP contribution in [0.15, 0.2) is 48.5 Å². The van der Waals surface area contributed by atoms with Crippen LogP contribution in [0.3, 0.4) is 0 Å². The Kier molecular flexibility index (Phi) is 6.67. The number of carboxylic acid groups (broad SMARTS) is 1. The molecule has 7 heteroatoms. The summed E-state index contributed by atoms with van der Waals surface area (Å²) in [6, 6.07) is 16.4. The number of hydrogen-bond donors (Lipinski definition) is 2. The number of nitrogens with zero attached hydrogens (tertiary/aromatic N) is 1. The average molecular weight is 451 g/mol. The molecule has 2 aliphatic carbocycles. The van der Waals surface area contributed by atoms with E-state index in [2.05, 4.69) is 29.6 Å². The Balaban J connectivity index is 1.33. The minimum Gasteiger partial charge on any atom is -0.480 e. The van der Waals surface area contributed by atoms with Gasteiger partial charge in [-0.25, -0.2) is 4.79 Å². The number of carbonyl (C=O) groups excluding carboxylic acids is 2. The highest BCUT2D eigenvalue weighted by Gasteiger charge is 2.40. The molecule has 0 spiro atoms. The Bertz CT molecular complexity index is 1000. The fourth-order valence-corrected chi connectivity index (χ4v) is 4.97. The average Bonchev–Trinajstić information content (AvgIpc) is 3.11. The molecule has 0 unspecified atom stereocenters. The predicted octanol–water partition coefficient (Wildman–Crippen LogP) is 4.02. The first-order chi connectivity index (χ1) is 15.9. The Labute approximate surface area is 193 Å². The van der Waals surface area contributed by atoms with Crippen LogP contribution in [0.2, 0.25) is 0 Å². The molecule has 4 rings (SSSR count). The summed E-state index contributed by atoms with van der Waals surface area (Å²) < 4.78 is 5.61. The molecule has 0 bridgehead atoms. The number of ether oxygens (including phenoxy) is 1. The zero-order valence-electron chi connectivity index (χ0n) is 18.9. The van der Waals surface area contributed by atoms with Crippen LogP contribution in [0.4, 0.5) is 4.79 Å². The van der Waals surface area contributed by atoms with E-state index in [-0.39, 0.29) is 36.8 Å². The minimum atomic E-state index is -1.02. The fourth-order valence-electron chi connectivity index (χ4n) is 4.97. The van der Waals surface area contributed by atoms with Crippen LogP contribution in [-0.4, -0.2) is 54.2 Å². The molecule has 7 nitrogen and oxygen atoms in total. The fraction of sp³-hybridized carbons (Fsp3) is 0.423. The van der Waals surface area contributed by atoms with Gasteiger partial charge in [-0.15, -0.1) is 0 Å². The quantitative estimate of drug-likeness (QED) is 0.602. The monoisotopic (exact) mass is 450 g/mol. The molecule has 1 saturated carbocycles. The van der Waals surface area contributed by atoms with Crippen LogP contribution in [0.25, 0.3) is 11.1 Å². The molecule has 2 aromatic rings. The zero-order chi connectivity index (χ0) is 23.4. The van der Waals surface area contributed by atoms with Gasteiger partial charge in [-0.1, -0.05) is 55.0 Å². The molecule has 2 aliphatic rings. The lowest BCUT2D eigenvalue weighted by atomic mass is 9.66. The number of nitrogens with one attached hydrogen (secondary N) is 1. The van der Waals surface area contributed by atoms with E-state index in [1.165, 1.54) is 16.0 Å². The van der Waals surface area contributed by atoms with Crippen molar-refractivity contribution < 1.29 is 24.2 Å². The molecule has 0 saturated heterocycles. The van der Waals surface area contributed by atoms with Gasteiger partial charge in [0.2, 0.25) is 5.91 Å². The van der Waals surface area contributed by atoms with Crippen LogP contribution < -0.4 is 5.32 Å². The van der Waals surface area contributed by atoms with Crippen LogP contribution in [-0.2, 0) is 14.3 Å². The third-order valence-electron chi connectivity index (χ3n) is 6.95.